The molecule has 0 aliphatic heterocycles. The number of carbonyl (C=O) groups is 1. The van der Waals surface area contributed by atoms with Crippen molar-refractivity contribution in [3.63, 3.8) is 0 Å². The van der Waals surface area contributed by atoms with Crippen molar-refractivity contribution in [2.75, 3.05) is 0 Å². The fourth-order valence-corrected chi connectivity index (χ4v) is 2.44. The molecule has 1 aromatic carbocycles. The third kappa shape index (κ3) is 3.36. The molecule has 1 amide bonds. The molecule has 0 saturated carbocycles. The van der Waals surface area contributed by atoms with Crippen LogP contribution in [0.4, 0.5) is 0 Å². The number of pyridine rings is 1. The Hall–Kier alpha value is -1.87. The highest BCUT2D eigenvalue weighted by atomic mass is 35.5. The van der Waals surface area contributed by atoms with Crippen molar-refractivity contribution in [1.82, 2.24) is 10.3 Å². The summed E-state index contributed by atoms with van der Waals surface area (Å²) in [6.07, 6.45) is 0. The van der Waals surface area contributed by atoms with Crippen molar-refractivity contribution in [3.8, 4) is 0 Å². The molecule has 0 radical (unpaired) electrons. The van der Waals surface area contributed by atoms with Gasteiger partial charge in [0.2, 0.25) is 0 Å². The zero-order chi connectivity index (χ0) is 14.7. The molecule has 0 aliphatic rings. The molecule has 104 valence electrons. The number of rotatable bonds is 3. The van der Waals surface area contributed by atoms with E-state index in [1.165, 1.54) is 0 Å². The smallest absolute Gasteiger partial charge is 0.251 e. The summed E-state index contributed by atoms with van der Waals surface area (Å²) in [7, 11) is 0. The number of halogens is 1. The summed E-state index contributed by atoms with van der Waals surface area (Å²) < 4.78 is 0. The maximum Gasteiger partial charge on any atom is 0.251 e. The normalized spacial score (nSPS) is 12.0. The van der Waals surface area contributed by atoms with Crippen molar-refractivity contribution >= 4 is 17.5 Å². The fraction of sp³-hybridized carbons (Fsp3) is 0.250. The first-order chi connectivity index (χ1) is 9.47. The Morgan fingerprint density at radius 3 is 2.60 bits per heavy atom. The summed E-state index contributed by atoms with van der Waals surface area (Å²) in [6.45, 7) is 5.81. The second kappa shape index (κ2) is 6.06. The van der Waals surface area contributed by atoms with E-state index >= 15 is 0 Å². The van der Waals surface area contributed by atoms with Gasteiger partial charge >= 0.3 is 0 Å². The van der Waals surface area contributed by atoms with Crippen LogP contribution >= 0.6 is 11.6 Å². The summed E-state index contributed by atoms with van der Waals surface area (Å²) in [5.74, 6) is -0.145. The Kier molecular flexibility index (Phi) is 4.40. The summed E-state index contributed by atoms with van der Waals surface area (Å²) in [4.78, 5) is 16.3. The number of aryl methyl sites for hydroxylation is 2. The Balaban J connectivity index is 2.17. The molecule has 1 unspecified atom stereocenters. The highest BCUT2D eigenvalue weighted by molar-refractivity contribution is 6.29. The second-order valence-electron chi connectivity index (χ2n) is 4.87. The maximum atomic E-state index is 12.2. The van der Waals surface area contributed by atoms with Crippen LogP contribution in [-0.2, 0) is 0 Å². The third-order valence-corrected chi connectivity index (χ3v) is 3.38. The predicted octanol–water partition coefficient (Wildman–Crippen LogP) is 3.84. The summed E-state index contributed by atoms with van der Waals surface area (Å²) in [5.41, 5.74) is 3.52. The standard InChI is InChI=1S/C16H17ClN2O/c1-10-6-4-5-7-14(10)12(3)19-16(20)13-8-11(2)18-15(17)9-13/h4-9,12H,1-3H3,(H,19,20). The Morgan fingerprint density at radius 2 is 1.95 bits per heavy atom. The molecule has 1 aromatic heterocycles. The molecule has 4 heteroatoms. The molecule has 1 atom stereocenters. The molecule has 2 aromatic rings. The topological polar surface area (TPSA) is 42.0 Å². The molecule has 2 rings (SSSR count). The summed E-state index contributed by atoms with van der Waals surface area (Å²) in [6, 6.07) is 11.3. The van der Waals surface area contributed by atoms with Gasteiger partial charge in [-0.25, -0.2) is 4.98 Å². The van der Waals surface area contributed by atoms with Crippen molar-refractivity contribution in [1.29, 1.82) is 0 Å². The van der Waals surface area contributed by atoms with Crippen LogP contribution in [0.3, 0.4) is 0 Å². The molecule has 0 bridgehead atoms. The largest absolute Gasteiger partial charge is 0.346 e. The lowest BCUT2D eigenvalue weighted by molar-refractivity contribution is 0.0939. The number of aromatic nitrogens is 1. The van der Waals surface area contributed by atoms with E-state index in [4.69, 9.17) is 11.6 Å². The van der Waals surface area contributed by atoms with Crippen molar-refractivity contribution < 1.29 is 4.79 Å². The minimum Gasteiger partial charge on any atom is -0.346 e. The third-order valence-electron chi connectivity index (χ3n) is 3.19. The van der Waals surface area contributed by atoms with Gasteiger partial charge in [0, 0.05) is 11.3 Å². The quantitative estimate of drug-likeness (QED) is 0.872. The second-order valence-corrected chi connectivity index (χ2v) is 5.26. The van der Waals surface area contributed by atoms with Gasteiger partial charge in [-0.15, -0.1) is 0 Å². The zero-order valence-electron chi connectivity index (χ0n) is 11.8. The predicted molar refractivity (Wildman–Crippen MR) is 81.0 cm³/mol. The lowest BCUT2D eigenvalue weighted by atomic mass is 10.0. The molecule has 0 fully saturated rings. The summed E-state index contributed by atoms with van der Waals surface area (Å²) in [5, 5.41) is 3.31. The van der Waals surface area contributed by atoms with E-state index in [1.54, 1.807) is 12.1 Å². The average Bonchev–Trinajstić information content (AvgIpc) is 2.37. The Bertz CT molecular complexity index is 620. The van der Waals surface area contributed by atoms with Gasteiger partial charge in [0.05, 0.1) is 6.04 Å². The average molecular weight is 289 g/mol. The van der Waals surface area contributed by atoms with Crippen LogP contribution in [0.15, 0.2) is 36.4 Å². The molecule has 1 N–H and O–H groups in total. The van der Waals surface area contributed by atoms with Crippen molar-refractivity contribution in [2.45, 2.75) is 26.8 Å². The number of hydrogen-bond donors (Lipinski definition) is 1. The fourth-order valence-electron chi connectivity index (χ4n) is 2.19. The van der Waals surface area contributed by atoms with E-state index in [0.29, 0.717) is 10.7 Å². The molecule has 0 saturated heterocycles. The number of carbonyl (C=O) groups excluding carboxylic acids is 1. The van der Waals surface area contributed by atoms with Gasteiger partial charge in [0.15, 0.2) is 0 Å². The first-order valence-electron chi connectivity index (χ1n) is 6.48. The van der Waals surface area contributed by atoms with E-state index in [2.05, 4.69) is 10.3 Å². The van der Waals surface area contributed by atoms with Crippen LogP contribution < -0.4 is 5.32 Å². The minimum absolute atomic E-state index is 0.0593. The van der Waals surface area contributed by atoms with E-state index in [0.717, 1.165) is 16.8 Å². The number of nitrogens with one attached hydrogen (secondary N) is 1. The van der Waals surface area contributed by atoms with Gasteiger partial charge in [0.25, 0.3) is 5.91 Å². The van der Waals surface area contributed by atoms with E-state index in [1.807, 2.05) is 45.0 Å². The minimum atomic E-state index is -0.145. The van der Waals surface area contributed by atoms with Gasteiger partial charge in [0.1, 0.15) is 5.15 Å². The maximum absolute atomic E-state index is 12.2. The van der Waals surface area contributed by atoms with Crippen molar-refractivity contribution in [3.05, 3.63) is 63.9 Å². The van der Waals surface area contributed by atoms with Crippen molar-refractivity contribution in [2.24, 2.45) is 0 Å². The Morgan fingerprint density at radius 1 is 1.25 bits per heavy atom. The molecule has 20 heavy (non-hydrogen) atoms. The van der Waals surface area contributed by atoms with Gasteiger partial charge in [-0.2, -0.15) is 0 Å². The number of nitrogens with zero attached hydrogens (tertiary/aromatic N) is 1. The van der Waals surface area contributed by atoms with Crippen LogP contribution in [0.5, 0.6) is 0 Å². The molecular formula is C16H17ClN2O. The monoisotopic (exact) mass is 288 g/mol. The molecule has 1 heterocycles. The molecule has 0 spiro atoms. The van der Waals surface area contributed by atoms with E-state index in [-0.39, 0.29) is 11.9 Å². The Labute approximate surface area is 124 Å². The number of hydrogen-bond acceptors (Lipinski definition) is 2. The van der Waals surface area contributed by atoms with Crippen LogP contribution in [0.25, 0.3) is 0 Å². The highest BCUT2D eigenvalue weighted by Crippen LogP contribution is 2.18. The highest BCUT2D eigenvalue weighted by Gasteiger charge is 2.13. The van der Waals surface area contributed by atoms with Crippen LogP contribution in [-0.4, -0.2) is 10.9 Å². The van der Waals surface area contributed by atoms with Gasteiger partial charge in [-0.1, -0.05) is 35.9 Å². The lowest BCUT2D eigenvalue weighted by Crippen LogP contribution is -2.27. The molecule has 0 aliphatic carbocycles. The lowest BCUT2D eigenvalue weighted by Gasteiger charge is -2.16. The van der Waals surface area contributed by atoms with Crippen LogP contribution in [0.1, 0.15) is 40.1 Å². The number of amides is 1. The van der Waals surface area contributed by atoms with Gasteiger partial charge < -0.3 is 5.32 Å². The van der Waals surface area contributed by atoms with Gasteiger partial charge in [-0.05, 0) is 44.0 Å². The first kappa shape index (κ1) is 14.5. The van der Waals surface area contributed by atoms with Crippen LogP contribution in [0.2, 0.25) is 5.15 Å². The zero-order valence-corrected chi connectivity index (χ0v) is 12.5. The first-order valence-corrected chi connectivity index (χ1v) is 6.86. The van der Waals surface area contributed by atoms with E-state index < -0.39 is 0 Å². The van der Waals surface area contributed by atoms with E-state index in [9.17, 15) is 4.79 Å². The SMILES string of the molecule is Cc1cc(C(=O)NC(C)c2ccccc2C)cc(Cl)n1. The molecule has 3 nitrogen and oxygen atoms in total. The number of benzene rings is 1. The molecular weight excluding hydrogens is 272 g/mol. The summed E-state index contributed by atoms with van der Waals surface area (Å²) >= 11 is 5.88. The van der Waals surface area contributed by atoms with Gasteiger partial charge in [-0.3, -0.25) is 4.79 Å². The van der Waals surface area contributed by atoms with Crippen LogP contribution in [0, 0.1) is 13.8 Å².